The van der Waals surface area contributed by atoms with Crippen LogP contribution in [0.4, 0.5) is 11.4 Å². The number of fused-ring (bicyclic) bond motifs is 1. The third-order valence-corrected chi connectivity index (χ3v) is 9.28. The Morgan fingerprint density at radius 2 is 1.59 bits per heavy atom. The van der Waals surface area contributed by atoms with Crippen molar-refractivity contribution in [2.75, 3.05) is 39.2 Å². The molecule has 3 rings (SSSR count). The first-order valence-electron chi connectivity index (χ1n) is 16.6. The number of rotatable bonds is 26. The van der Waals surface area contributed by atoms with Crippen molar-refractivity contribution in [1.29, 1.82) is 0 Å². The Morgan fingerprint density at radius 3 is 2.31 bits per heavy atom. The normalized spacial score (nSPS) is 13.2. The van der Waals surface area contributed by atoms with E-state index in [9.17, 15) is 29.6 Å². The molecule has 270 valence electrons. The third-order valence-electron chi connectivity index (χ3n) is 7.39. The number of esters is 1. The SMILES string of the molecule is CCCCOCC(COP(=O)(CCCOC(=O)CCCCCc1ccc([N+](=O)[O-])c2nonc12)Oc1ccc([N+](=O)[O-])cc1)OCCCC. The first-order chi connectivity index (χ1) is 23.7. The number of hydrogen-bond donors (Lipinski definition) is 0. The van der Waals surface area contributed by atoms with Gasteiger partial charge in [0.05, 0.1) is 35.8 Å². The van der Waals surface area contributed by atoms with Crippen LogP contribution in [-0.2, 0) is 34.5 Å². The fraction of sp³-hybridized carbons (Fsp3) is 0.594. The van der Waals surface area contributed by atoms with Crippen molar-refractivity contribution in [3.8, 4) is 5.75 Å². The number of carbonyl (C=O) groups excluding carboxylic acids is 1. The van der Waals surface area contributed by atoms with Gasteiger partial charge in [0.25, 0.3) is 5.69 Å². The number of carbonyl (C=O) groups is 1. The van der Waals surface area contributed by atoms with Crippen LogP contribution in [0.5, 0.6) is 5.75 Å². The van der Waals surface area contributed by atoms with Gasteiger partial charge in [-0.05, 0) is 72.6 Å². The molecule has 1 aromatic heterocycles. The minimum Gasteiger partial charge on any atom is -0.466 e. The molecule has 2 unspecified atom stereocenters. The molecule has 3 aromatic rings. The van der Waals surface area contributed by atoms with E-state index in [0.717, 1.165) is 31.2 Å². The summed E-state index contributed by atoms with van der Waals surface area (Å²) in [6.45, 7) is 5.36. The van der Waals surface area contributed by atoms with Crippen molar-refractivity contribution in [2.45, 2.75) is 84.2 Å². The van der Waals surface area contributed by atoms with Crippen LogP contribution in [0.1, 0.15) is 77.2 Å². The number of nitro groups is 2. The maximum absolute atomic E-state index is 13.9. The second-order valence-corrected chi connectivity index (χ2v) is 13.5. The average Bonchev–Trinajstić information content (AvgIpc) is 3.58. The number of non-ortho nitro benzene ring substituents is 2. The molecule has 1 heterocycles. The second kappa shape index (κ2) is 21.2. The molecule has 0 aliphatic rings. The highest BCUT2D eigenvalue weighted by Crippen LogP contribution is 2.49. The average molecular weight is 709 g/mol. The molecule has 2 aromatic carbocycles. The molecule has 2 atom stereocenters. The predicted molar refractivity (Wildman–Crippen MR) is 179 cm³/mol. The molecule has 17 heteroatoms. The van der Waals surface area contributed by atoms with Crippen LogP contribution < -0.4 is 4.52 Å². The molecular formula is C32H45N4O12P. The molecule has 0 spiro atoms. The molecule has 0 amide bonds. The van der Waals surface area contributed by atoms with Crippen LogP contribution in [0.3, 0.4) is 0 Å². The van der Waals surface area contributed by atoms with Gasteiger partial charge in [-0.1, -0.05) is 33.1 Å². The van der Waals surface area contributed by atoms with Gasteiger partial charge in [-0.3, -0.25) is 29.5 Å². The van der Waals surface area contributed by atoms with Crippen molar-refractivity contribution in [2.24, 2.45) is 0 Å². The highest BCUT2D eigenvalue weighted by molar-refractivity contribution is 7.54. The summed E-state index contributed by atoms with van der Waals surface area (Å²) in [6.07, 6.45) is 6.05. The molecular weight excluding hydrogens is 663 g/mol. The Bertz CT molecular complexity index is 1520. The van der Waals surface area contributed by atoms with E-state index in [1.165, 1.54) is 30.3 Å². The van der Waals surface area contributed by atoms with Gasteiger partial charge in [-0.25, -0.2) is 9.19 Å². The van der Waals surface area contributed by atoms with E-state index in [1.807, 2.05) is 6.92 Å². The smallest absolute Gasteiger partial charge is 0.379 e. The van der Waals surface area contributed by atoms with Gasteiger partial charge in [-0.15, -0.1) is 0 Å². The maximum atomic E-state index is 13.9. The number of aromatic nitrogens is 2. The number of benzene rings is 2. The first kappa shape index (κ1) is 39.5. The van der Waals surface area contributed by atoms with E-state index in [-0.39, 0.29) is 61.5 Å². The van der Waals surface area contributed by atoms with Crippen LogP contribution >= 0.6 is 7.60 Å². The van der Waals surface area contributed by atoms with Crippen LogP contribution in [0, 0.1) is 20.2 Å². The van der Waals surface area contributed by atoms with Gasteiger partial charge in [0.1, 0.15) is 17.4 Å². The summed E-state index contributed by atoms with van der Waals surface area (Å²) in [4.78, 5) is 33.5. The molecule has 0 radical (unpaired) electrons. The Labute approximate surface area is 284 Å². The molecule has 0 aliphatic heterocycles. The zero-order chi connectivity index (χ0) is 35.5. The fourth-order valence-corrected chi connectivity index (χ4v) is 6.28. The van der Waals surface area contributed by atoms with E-state index in [0.29, 0.717) is 44.4 Å². The Balaban J connectivity index is 1.47. The van der Waals surface area contributed by atoms with Gasteiger partial charge in [0, 0.05) is 37.8 Å². The number of unbranched alkanes of at least 4 members (excludes halogenated alkanes) is 4. The standard InChI is InChI=1S/C32H45N4O12P/c1-3-5-19-43-23-28(44-20-6-4-2)24-46-49(42,47-27-16-14-26(15-17-27)35(38)39)22-10-21-45-30(37)12-9-7-8-11-25-13-18-29(36(40)41)32-31(25)33-48-34-32/h13-18,28H,3-12,19-24H2,1-2H3. The van der Waals surface area contributed by atoms with Gasteiger partial charge in [0.2, 0.25) is 5.52 Å². The number of nitrogens with zero attached hydrogens (tertiary/aromatic N) is 4. The number of aryl methyl sites for hydroxylation is 1. The molecule has 16 nitrogen and oxygen atoms in total. The predicted octanol–water partition coefficient (Wildman–Crippen LogP) is 7.37. The largest absolute Gasteiger partial charge is 0.466 e. The zero-order valence-electron chi connectivity index (χ0n) is 28.0. The van der Waals surface area contributed by atoms with Gasteiger partial charge in [-0.2, -0.15) is 0 Å². The highest BCUT2D eigenvalue weighted by Gasteiger charge is 2.29. The van der Waals surface area contributed by atoms with E-state index in [2.05, 4.69) is 17.2 Å². The van der Waals surface area contributed by atoms with E-state index >= 15 is 0 Å². The second-order valence-electron chi connectivity index (χ2n) is 11.3. The number of ether oxygens (including phenoxy) is 3. The topological polar surface area (TPSA) is 205 Å². The lowest BCUT2D eigenvalue weighted by Crippen LogP contribution is -2.27. The minimum absolute atomic E-state index is 0.00764. The zero-order valence-corrected chi connectivity index (χ0v) is 28.9. The van der Waals surface area contributed by atoms with E-state index < -0.39 is 29.5 Å². The summed E-state index contributed by atoms with van der Waals surface area (Å²) in [5.41, 5.74) is 0.925. The summed E-state index contributed by atoms with van der Waals surface area (Å²) in [7, 11) is -3.81. The monoisotopic (exact) mass is 708 g/mol. The molecule has 0 fully saturated rings. The van der Waals surface area contributed by atoms with Crippen LogP contribution in [-0.4, -0.2) is 71.4 Å². The van der Waals surface area contributed by atoms with Crippen molar-refractivity contribution >= 4 is 36.0 Å². The van der Waals surface area contributed by atoms with Crippen molar-refractivity contribution in [1.82, 2.24) is 10.3 Å². The lowest BCUT2D eigenvalue weighted by Gasteiger charge is -2.23. The Hall–Kier alpha value is -3.98. The van der Waals surface area contributed by atoms with E-state index in [1.54, 1.807) is 6.07 Å². The van der Waals surface area contributed by atoms with Crippen LogP contribution in [0.2, 0.25) is 0 Å². The van der Waals surface area contributed by atoms with Crippen LogP contribution in [0.25, 0.3) is 11.0 Å². The molecule has 0 saturated carbocycles. The van der Waals surface area contributed by atoms with Gasteiger partial charge in [0.15, 0.2) is 0 Å². The van der Waals surface area contributed by atoms with Crippen molar-refractivity contribution in [3.63, 3.8) is 0 Å². The molecule has 49 heavy (non-hydrogen) atoms. The lowest BCUT2D eigenvalue weighted by atomic mass is 10.0. The number of hydrogen-bond acceptors (Lipinski definition) is 14. The molecule has 0 bridgehead atoms. The van der Waals surface area contributed by atoms with Crippen molar-refractivity contribution in [3.05, 3.63) is 62.2 Å². The first-order valence-corrected chi connectivity index (χ1v) is 18.3. The molecule has 0 aliphatic carbocycles. The van der Waals surface area contributed by atoms with E-state index in [4.69, 9.17) is 27.9 Å². The fourth-order valence-electron chi connectivity index (χ4n) is 4.65. The van der Waals surface area contributed by atoms with Gasteiger partial charge < -0.3 is 18.7 Å². The Kier molecular flexibility index (Phi) is 17.1. The molecule has 0 N–H and O–H groups in total. The van der Waals surface area contributed by atoms with Crippen LogP contribution in [0.15, 0.2) is 41.0 Å². The Morgan fingerprint density at radius 1 is 0.857 bits per heavy atom. The summed E-state index contributed by atoms with van der Waals surface area (Å²) < 4.78 is 47.2. The van der Waals surface area contributed by atoms with Crippen molar-refractivity contribution < 1.29 is 47.1 Å². The summed E-state index contributed by atoms with van der Waals surface area (Å²) in [6, 6.07) is 8.21. The summed E-state index contributed by atoms with van der Waals surface area (Å²) in [5.74, 6) is -0.262. The quantitative estimate of drug-likeness (QED) is 0.0262. The summed E-state index contributed by atoms with van der Waals surface area (Å²) >= 11 is 0. The lowest BCUT2D eigenvalue weighted by molar-refractivity contribution is -0.384. The van der Waals surface area contributed by atoms with Gasteiger partial charge >= 0.3 is 19.3 Å². The number of nitro benzene ring substituents is 2. The maximum Gasteiger partial charge on any atom is 0.379 e. The minimum atomic E-state index is -3.81. The third kappa shape index (κ3) is 13.8. The highest BCUT2D eigenvalue weighted by atomic mass is 31.2. The summed E-state index contributed by atoms with van der Waals surface area (Å²) in [5, 5.41) is 29.7. The molecule has 0 saturated heterocycles.